The number of hydrogen-bond donors (Lipinski definition) is 2. The highest BCUT2D eigenvalue weighted by molar-refractivity contribution is 5.83. The lowest BCUT2D eigenvalue weighted by Gasteiger charge is -2.55. The number of morpholine rings is 1. The molecule has 7 heteroatoms. The number of rotatable bonds is 6. The standard InChI is InChI=1S/C22H33N5O2/c1-15-8-19(27-4-6-29-7-5-27)26-21(25-15)24-3-2-23-20(28)22-12-16-9-17(13-22)11-18(10-16)14-22/h8,16-18H,2-7,9-14H2,1H3,(H,23,28)(H,24,25,26). The van der Waals surface area contributed by atoms with E-state index in [2.05, 4.69) is 25.5 Å². The Morgan fingerprint density at radius 1 is 1.10 bits per heavy atom. The van der Waals surface area contributed by atoms with Crippen molar-refractivity contribution in [1.82, 2.24) is 15.3 Å². The molecule has 7 nitrogen and oxygen atoms in total. The van der Waals surface area contributed by atoms with Gasteiger partial charge >= 0.3 is 0 Å². The maximum absolute atomic E-state index is 13.0. The van der Waals surface area contributed by atoms with Crippen LogP contribution in [0.2, 0.25) is 0 Å². The molecule has 5 aliphatic rings. The zero-order valence-electron chi connectivity index (χ0n) is 17.5. The third-order valence-corrected chi connectivity index (χ3v) is 7.39. The van der Waals surface area contributed by atoms with Crippen LogP contribution in [0.4, 0.5) is 11.8 Å². The summed E-state index contributed by atoms with van der Waals surface area (Å²) in [6.45, 7) is 6.44. The van der Waals surface area contributed by atoms with Gasteiger partial charge in [-0.15, -0.1) is 0 Å². The van der Waals surface area contributed by atoms with Gasteiger partial charge in [0.25, 0.3) is 0 Å². The maximum Gasteiger partial charge on any atom is 0.226 e. The van der Waals surface area contributed by atoms with Crippen LogP contribution >= 0.6 is 0 Å². The zero-order chi connectivity index (χ0) is 19.8. The number of nitrogens with one attached hydrogen (secondary N) is 2. The van der Waals surface area contributed by atoms with Crippen molar-refractivity contribution in [1.29, 1.82) is 0 Å². The van der Waals surface area contributed by atoms with E-state index in [0.717, 1.165) is 74.8 Å². The fourth-order valence-corrected chi connectivity index (χ4v) is 6.51. The van der Waals surface area contributed by atoms with Crippen LogP contribution in [0.5, 0.6) is 0 Å². The first kappa shape index (κ1) is 19.1. The summed E-state index contributed by atoms with van der Waals surface area (Å²) in [4.78, 5) is 24.4. The van der Waals surface area contributed by atoms with E-state index in [1.54, 1.807) is 0 Å². The monoisotopic (exact) mass is 399 g/mol. The van der Waals surface area contributed by atoms with Gasteiger partial charge < -0.3 is 20.3 Å². The van der Waals surface area contributed by atoms with Crippen molar-refractivity contribution in [3.05, 3.63) is 11.8 Å². The van der Waals surface area contributed by atoms with Crippen molar-refractivity contribution < 1.29 is 9.53 Å². The van der Waals surface area contributed by atoms with Gasteiger partial charge in [0.1, 0.15) is 5.82 Å². The number of nitrogens with zero attached hydrogens (tertiary/aromatic N) is 3. The van der Waals surface area contributed by atoms with Crippen molar-refractivity contribution >= 4 is 17.7 Å². The van der Waals surface area contributed by atoms with Crippen LogP contribution in [0.25, 0.3) is 0 Å². The van der Waals surface area contributed by atoms with Crippen molar-refractivity contribution in [2.24, 2.45) is 23.2 Å². The lowest BCUT2D eigenvalue weighted by atomic mass is 9.49. The Bertz CT molecular complexity index is 726. The van der Waals surface area contributed by atoms with Crippen LogP contribution in [-0.4, -0.2) is 55.3 Å². The molecule has 0 atom stereocenters. The summed E-state index contributed by atoms with van der Waals surface area (Å²) in [6, 6.07) is 2.02. The number of ether oxygens (including phenoxy) is 1. The minimum Gasteiger partial charge on any atom is -0.378 e. The Labute approximate surface area is 173 Å². The summed E-state index contributed by atoms with van der Waals surface area (Å²) in [5.41, 5.74) is 0.875. The molecule has 5 fully saturated rings. The van der Waals surface area contributed by atoms with E-state index < -0.39 is 0 Å². The van der Waals surface area contributed by atoms with Crippen molar-refractivity contribution in [3.63, 3.8) is 0 Å². The lowest BCUT2D eigenvalue weighted by Crippen LogP contribution is -2.54. The minimum absolute atomic E-state index is 0.0713. The average molecular weight is 400 g/mol. The number of carbonyl (C=O) groups is 1. The second kappa shape index (κ2) is 7.74. The predicted octanol–water partition coefficient (Wildman–Crippen LogP) is 2.37. The summed E-state index contributed by atoms with van der Waals surface area (Å²) in [5.74, 6) is 4.26. The summed E-state index contributed by atoms with van der Waals surface area (Å²) in [6.07, 6.45) is 7.44. The fourth-order valence-electron chi connectivity index (χ4n) is 6.51. The first-order chi connectivity index (χ1) is 14.1. The maximum atomic E-state index is 13.0. The summed E-state index contributed by atoms with van der Waals surface area (Å²) in [7, 11) is 0. The molecule has 1 aliphatic heterocycles. The molecular formula is C22H33N5O2. The first-order valence-electron chi connectivity index (χ1n) is 11.3. The molecule has 0 unspecified atom stereocenters. The van der Waals surface area contributed by atoms with Gasteiger partial charge in [-0.05, 0) is 63.2 Å². The van der Waals surface area contributed by atoms with Gasteiger partial charge in [-0.2, -0.15) is 4.98 Å². The van der Waals surface area contributed by atoms with E-state index in [0.29, 0.717) is 19.0 Å². The van der Waals surface area contributed by atoms with Gasteiger partial charge in [0.2, 0.25) is 11.9 Å². The number of amides is 1. The van der Waals surface area contributed by atoms with E-state index in [1.807, 2.05) is 13.0 Å². The van der Waals surface area contributed by atoms with E-state index >= 15 is 0 Å². The van der Waals surface area contributed by atoms with Gasteiger partial charge in [-0.25, -0.2) is 4.98 Å². The molecule has 2 N–H and O–H groups in total. The fraction of sp³-hybridized carbons (Fsp3) is 0.773. The Morgan fingerprint density at radius 2 is 1.76 bits per heavy atom. The number of hydrogen-bond acceptors (Lipinski definition) is 6. The predicted molar refractivity (Wildman–Crippen MR) is 112 cm³/mol. The van der Waals surface area contributed by atoms with Crippen LogP contribution in [0.3, 0.4) is 0 Å². The molecule has 0 spiro atoms. The number of carbonyl (C=O) groups excluding carboxylic acids is 1. The second-order valence-corrected chi connectivity index (χ2v) is 9.67. The summed E-state index contributed by atoms with van der Waals surface area (Å²) in [5, 5.41) is 6.52. The van der Waals surface area contributed by atoms with Crippen LogP contribution in [0.1, 0.15) is 44.2 Å². The first-order valence-corrected chi connectivity index (χ1v) is 11.3. The van der Waals surface area contributed by atoms with Crippen LogP contribution < -0.4 is 15.5 Å². The van der Waals surface area contributed by atoms with Crippen LogP contribution in [-0.2, 0) is 9.53 Å². The van der Waals surface area contributed by atoms with Crippen molar-refractivity contribution in [3.8, 4) is 0 Å². The molecule has 0 aromatic carbocycles. The SMILES string of the molecule is Cc1cc(N2CCOCC2)nc(NCCNC(=O)C23CC4CC(CC(C4)C2)C3)n1. The van der Waals surface area contributed by atoms with E-state index in [-0.39, 0.29) is 11.3 Å². The molecule has 4 aliphatic carbocycles. The second-order valence-electron chi connectivity index (χ2n) is 9.67. The quantitative estimate of drug-likeness (QED) is 0.715. The number of anilines is 2. The third kappa shape index (κ3) is 3.93. The normalized spacial score (nSPS) is 33.0. The largest absolute Gasteiger partial charge is 0.378 e. The molecule has 1 amide bonds. The van der Waals surface area contributed by atoms with E-state index in [9.17, 15) is 4.79 Å². The Hall–Kier alpha value is -1.89. The van der Waals surface area contributed by atoms with Crippen LogP contribution in [0, 0.1) is 30.1 Å². The third-order valence-electron chi connectivity index (χ3n) is 7.39. The lowest BCUT2D eigenvalue weighted by molar-refractivity contribution is -0.146. The van der Waals surface area contributed by atoms with Crippen molar-refractivity contribution in [2.75, 3.05) is 49.6 Å². The topological polar surface area (TPSA) is 79.4 Å². The molecule has 4 saturated carbocycles. The molecular weight excluding hydrogens is 366 g/mol. The molecule has 6 rings (SSSR count). The smallest absolute Gasteiger partial charge is 0.226 e. The number of aryl methyl sites for hydroxylation is 1. The van der Waals surface area contributed by atoms with Gasteiger partial charge in [0, 0.05) is 43.4 Å². The van der Waals surface area contributed by atoms with Gasteiger partial charge in [-0.1, -0.05) is 0 Å². The Morgan fingerprint density at radius 3 is 2.41 bits per heavy atom. The highest BCUT2D eigenvalue weighted by Gasteiger charge is 2.54. The molecule has 29 heavy (non-hydrogen) atoms. The number of aromatic nitrogens is 2. The molecule has 158 valence electrons. The van der Waals surface area contributed by atoms with Gasteiger partial charge in [0.15, 0.2) is 0 Å². The summed E-state index contributed by atoms with van der Waals surface area (Å²) >= 11 is 0. The molecule has 1 aromatic heterocycles. The van der Waals surface area contributed by atoms with Gasteiger partial charge in [0.05, 0.1) is 13.2 Å². The highest BCUT2D eigenvalue weighted by Crippen LogP contribution is 2.60. The minimum atomic E-state index is -0.0713. The molecule has 4 bridgehead atoms. The van der Waals surface area contributed by atoms with Crippen molar-refractivity contribution in [2.45, 2.75) is 45.4 Å². The zero-order valence-corrected chi connectivity index (χ0v) is 17.5. The summed E-state index contributed by atoms with van der Waals surface area (Å²) < 4.78 is 5.43. The van der Waals surface area contributed by atoms with E-state index in [4.69, 9.17) is 4.74 Å². The molecule has 0 radical (unpaired) electrons. The molecule has 2 heterocycles. The van der Waals surface area contributed by atoms with E-state index in [1.165, 1.54) is 19.3 Å². The molecule has 1 aromatic rings. The van der Waals surface area contributed by atoms with Gasteiger partial charge in [-0.3, -0.25) is 4.79 Å². The Balaban J connectivity index is 1.14. The molecule has 1 saturated heterocycles. The Kier molecular flexibility index (Phi) is 5.10. The van der Waals surface area contributed by atoms with Crippen LogP contribution in [0.15, 0.2) is 6.07 Å². The highest BCUT2D eigenvalue weighted by atomic mass is 16.5. The average Bonchev–Trinajstić information content (AvgIpc) is 2.70.